The Morgan fingerprint density at radius 2 is 1.81 bits per heavy atom. The van der Waals surface area contributed by atoms with Crippen molar-refractivity contribution >= 4 is 0 Å². The first-order valence-electron chi connectivity index (χ1n) is 7.23. The molecular formula is C16H26. The molecule has 0 saturated heterocycles. The molecule has 0 aromatic rings. The Labute approximate surface area is 101 Å². The maximum atomic E-state index is 2.45. The summed E-state index contributed by atoms with van der Waals surface area (Å²) in [6.45, 7) is 2.45. The minimum absolute atomic E-state index is 0.907. The van der Waals surface area contributed by atoms with Crippen molar-refractivity contribution in [1.82, 2.24) is 0 Å². The molecule has 0 heteroatoms. The first-order chi connectivity index (χ1) is 7.88. The quantitative estimate of drug-likeness (QED) is 0.520. The smallest absolute Gasteiger partial charge is 0.0174 e. The van der Waals surface area contributed by atoms with E-state index in [1.807, 2.05) is 0 Å². The minimum atomic E-state index is 0.907. The first kappa shape index (κ1) is 12.0. The third kappa shape index (κ3) is 3.23. The second kappa shape index (κ2) is 6.27. The van der Waals surface area contributed by atoms with Crippen molar-refractivity contribution in [2.24, 2.45) is 11.8 Å². The first-order valence-corrected chi connectivity index (χ1v) is 7.23. The van der Waals surface area contributed by atoms with Gasteiger partial charge in [0.15, 0.2) is 0 Å². The number of hydrogen-bond acceptors (Lipinski definition) is 0. The molecule has 0 amide bonds. The molecule has 2 atom stereocenters. The highest BCUT2D eigenvalue weighted by atomic mass is 14.3. The molecule has 2 aliphatic carbocycles. The van der Waals surface area contributed by atoms with E-state index in [1.54, 1.807) is 5.57 Å². The van der Waals surface area contributed by atoms with Crippen molar-refractivity contribution in [2.75, 3.05) is 0 Å². The molecule has 2 rings (SSSR count). The Morgan fingerprint density at radius 3 is 2.75 bits per heavy atom. The van der Waals surface area contributed by atoms with Crippen LogP contribution in [0.5, 0.6) is 0 Å². The van der Waals surface area contributed by atoms with Gasteiger partial charge < -0.3 is 0 Å². The number of hydrogen-bond donors (Lipinski definition) is 0. The summed E-state index contributed by atoms with van der Waals surface area (Å²) in [5.41, 5.74) is 1.74. The molecule has 0 N–H and O–H groups in total. The van der Waals surface area contributed by atoms with Crippen molar-refractivity contribution < 1.29 is 0 Å². The second-order valence-corrected chi connectivity index (χ2v) is 5.64. The van der Waals surface area contributed by atoms with E-state index in [-0.39, 0.29) is 0 Å². The molecule has 0 radical (unpaired) electrons. The minimum Gasteiger partial charge on any atom is -0.0845 e. The summed E-state index contributed by atoms with van der Waals surface area (Å²) < 4.78 is 0. The van der Waals surface area contributed by atoms with Gasteiger partial charge in [-0.05, 0) is 43.9 Å². The van der Waals surface area contributed by atoms with Crippen LogP contribution in [0.2, 0.25) is 0 Å². The van der Waals surface area contributed by atoms with Gasteiger partial charge in [0.05, 0.1) is 0 Å². The lowest BCUT2D eigenvalue weighted by molar-refractivity contribution is 0.411. The van der Waals surface area contributed by atoms with Crippen LogP contribution in [0.25, 0.3) is 0 Å². The molecule has 16 heavy (non-hydrogen) atoms. The van der Waals surface area contributed by atoms with E-state index in [4.69, 9.17) is 0 Å². The molecule has 0 spiro atoms. The summed E-state index contributed by atoms with van der Waals surface area (Å²) in [5, 5.41) is 0. The lowest BCUT2D eigenvalue weighted by Crippen LogP contribution is -2.05. The SMILES string of the molecule is CC1CC/C2=C/C=C\CCCCCCCC21. The zero-order chi connectivity index (χ0) is 11.2. The zero-order valence-electron chi connectivity index (χ0n) is 10.8. The summed E-state index contributed by atoms with van der Waals surface area (Å²) in [6.07, 6.45) is 19.8. The molecule has 90 valence electrons. The highest BCUT2D eigenvalue weighted by Gasteiger charge is 2.26. The summed E-state index contributed by atoms with van der Waals surface area (Å²) >= 11 is 0. The Kier molecular flexibility index (Phi) is 4.69. The molecule has 0 aliphatic heterocycles. The van der Waals surface area contributed by atoms with Crippen LogP contribution in [-0.4, -0.2) is 0 Å². The monoisotopic (exact) mass is 218 g/mol. The topological polar surface area (TPSA) is 0 Å². The molecular weight excluding hydrogens is 192 g/mol. The van der Waals surface area contributed by atoms with Crippen LogP contribution in [0.4, 0.5) is 0 Å². The molecule has 0 nitrogen and oxygen atoms in total. The maximum Gasteiger partial charge on any atom is -0.0174 e. The zero-order valence-corrected chi connectivity index (χ0v) is 10.8. The summed E-state index contributed by atoms with van der Waals surface area (Å²) in [5.74, 6) is 1.84. The molecule has 0 aromatic carbocycles. The van der Waals surface area contributed by atoms with Crippen LogP contribution in [0.15, 0.2) is 23.8 Å². The Hall–Kier alpha value is -0.520. The number of allylic oxidation sites excluding steroid dienone is 4. The van der Waals surface area contributed by atoms with Gasteiger partial charge in [-0.2, -0.15) is 0 Å². The lowest BCUT2D eigenvalue weighted by atomic mass is 9.88. The van der Waals surface area contributed by atoms with Gasteiger partial charge in [-0.25, -0.2) is 0 Å². The van der Waals surface area contributed by atoms with Crippen molar-refractivity contribution in [3.05, 3.63) is 23.8 Å². The van der Waals surface area contributed by atoms with E-state index in [1.165, 1.54) is 57.8 Å². The van der Waals surface area contributed by atoms with E-state index < -0.39 is 0 Å². The predicted octanol–water partition coefficient (Wildman–Crippen LogP) is 5.26. The van der Waals surface area contributed by atoms with Crippen LogP contribution in [0.1, 0.15) is 64.7 Å². The molecule has 2 aliphatic rings. The van der Waals surface area contributed by atoms with Crippen LogP contribution >= 0.6 is 0 Å². The van der Waals surface area contributed by atoms with Gasteiger partial charge in [-0.1, -0.05) is 56.4 Å². The fraction of sp³-hybridized carbons (Fsp3) is 0.750. The van der Waals surface area contributed by atoms with Gasteiger partial charge in [0.2, 0.25) is 0 Å². The van der Waals surface area contributed by atoms with Crippen LogP contribution in [-0.2, 0) is 0 Å². The van der Waals surface area contributed by atoms with E-state index in [9.17, 15) is 0 Å². The van der Waals surface area contributed by atoms with Gasteiger partial charge in [0.25, 0.3) is 0 Å². The fourth-order valence-electron chi connectivity index (χ4n) is 3.27. The van der Waals surface area contributed by atoms with Gasteiger partial charge in [0.1, 0.15) is 0 Å². The molecule has 0 heterocycles. The third-order valence-corrected chi connectivity index (χ3v) is 4.38. The maximum absolute atomic E-state index is 2.45. The van der Waals surface area contributed by atoms with Gasteiger partial charge in [-0.15, -0.1) is 0 Å². The van der Waals surface area contributed by atoms with Crippen molar-refractivity contribution in [1.29, 1.82) is 0 Å². The largest absolute Gasteiger partial charge is 0.0845 e. The van der Waals surface area contributed by atoms with Gasteiger partial charge in [-0.3, -0.25) is 0 Å². The van der Waals surface area contributed by atoms with Crippen LogP contribution < -0.4 is 0 Å². The third-order valence-electron chi connectivity index (χ3n) is 4.38. The summed E-state index contributed by atoms with van der Waals surface area (Å²) in [7, 11) is 0. The molecule has 1 fully saturated rings. The average molecular weight is 218 g/mol. The Bertz CT molecular complexity index is 259. The van der Waals surface area contributed by atoms with E-state index in [0.29, 0.717) is 0 Å². The van der Waals surface area contributed by atoms with Crippen molar-refractivity contribution in [3.8, 4) is 0 Å². The normalized spacial score (nSPS) is 37.7. The summed E-state index contributed by atoms with van der Waals surface area (Å²) in [6, 6.07) is 0. The van der Waals surface area contributed by atoms with E-state index in [0.717, 1.165) is 11.8 Å². The van der Waals surface area contributed by atoms with Crippen LogP contribution in [0, 0.1) is 11.8 Å². The molecule has 1 saturated carbocycles. The predicted molar refractivity (Wildman–Crippen MR) is 71.4 cm³/mol. The van der Waals surface area contributed by atoms with Crippen molar-refractivity contribution in [3.63, 3.8) is 0 Å². The highest BCUT2D eigenvalue weighted by Crippen LogP contribution is 2.39. The van der Waals surface area contributed by atoms with Crippen LogP contribution in [0.3, 0.4) is 0 Å². The average Bonchev–Trinajstić information content (AvgIpc) is 2.60. The second-order valence-electron chi connectivity index (χ2n) is 5.64. The number of fused-ring (bicyclic) bond motifs is 1. The lowest BCUT2D eigenvalue weighted by Gasteiger charge is -2.17. The highest BCUT2D eigenvalue weighted by molar-refractivity contribution is 5.19. The Morgan fingerprint density at radius 1 is 1.00 bits per heavy atom. The molecule has 0 aromatic heterocycles. The molecule has 2 unspecified atom stereocenters. The van der Waals surface area contributed by atoms with E-state index in [2.05, 4.69) is 25.2 Å². The summed E-state index contributed by atoms with van der Waals surface area (Å²) in [4.78, 5) is 0. The Balaban J connectivity index is 2.01. The molecule has 0 bridgehead atoms. The number of rotatable bonds is 0. The van der Waals surface area contributed by atoms with E-state index >= 15 is 0 Å². The van der Waals surface area contributed by atoms with Gasteiger partial charge in [0, 0.05) is 0 Å². The van der Waals surface area contributed by atoms with Gasteiger partial charge >= 0.3 is 0 Å². The fourth-order valence-corrected chi connectivity index (χ4v) is 3.27. The standard InChI is InChI=1S/C16H26/c1-14-12-13-15-10-8-6-4-2-3-5-7-9-11-16(14)15/h6,8,10,14,16H,2-5,7,9,11-13H2,1H3/b8-6-,15-10-. The van der Waals surface area contributed by atoms with Crippen molar-refractivity contribution in [2.45, 2.75) is 64.7 Å².